The quantitative estimate of drug-likeness (QED) is 0.324. The molecule has 4 atom stereocenters. The van der Waals surface area contributed by atoms with E-state index in [4.69, 9.17) is 16.6 Å². The zero-order valence-electron chi connectivity index (χ0n) is 13.5. The molecule has 1 aliphatic rings. The lowest BCUT2D eigenvalue weighted by Gasteiger charge is -2.28. The summed E-state index contributed by atoms with van der Waals surface area (Å²) in [7, 11) is 0. The van der Waals surface area contributed by atoms with Crippen molar-refractivity contribution in [3.8, 4) is 0 Å². The third-order valence-corrected chi connectivity index (χ3v) is 3.94. The minimum Gasteiger partial charge on any atom is -0.480 e. The van der Waals surface area contributed by atoms with E-state index in [0.717, 1.165) is 0 Å². The fourth-order valence-electron chi connectivity index (χ4n) is 2.52. The number of nitrogens with zero attached hydrogens (tertiary/aromatic N) is 1. The molecular weight excluding hydrogens is 320 g/mol. The molecule has 1 rings (SSSR count). The summed E-state index contributed by atoms with van der Waals surface area (Å²) in [6.45, 7) is 1.58. The Morgan fingerprint density at radius 3 is 2.46 bits per heavy atom. The molecule has 0 aromatic heterocycles. The topological polar surface area (TPSA) is 176 Å². The van der Waals surface area contributed by atoms with Gasteiger partial charge in [0.2, 0.25) is 17.7 Å². The number of nitrogens with two attached hydrogens (primary N) is 2. The first-order valence-electron chi connectivity index (χ1n) is 7.70. The molecule has 1 fully saturated rings. The highest BCUT2D eigenvalue weighted by Crippen LogP contribution is 2.19. The van der Waals surface area contributed by atoms with Gasteiger partial charge in [0.25, 0.3) is 0 Å². The number of hydrogen-bond donors (Lipinski definition) is 5. The van der Waals surface area contributed by atoms with Crippen LogP contribution in [-0.2, 0) is 19.2 Å². The SMILES string of the molecule is CC(O)C(N)C(=O)NC(CCC(N)=O)C(=O)N1CCCC1C(=O)O. The van der Waals surface area contributed by atoms with Gasteiger partial charge in [0, 0.05) is 13.0 Å². The van der Waals surface area contributed by atoms with E-state index in [1.54, 1.807) is 0 Å². The van der Waals surface area contributed by atoms with Crippen molar-refractivity contribution in [3.05, 3.63) is 0 Å². The first-order valence-corrected chi connectivity index (χ1v) is 7.70. The fraction of sp³-hybridized carbons (Fsp3) is 0.714. The zero-order chi connectivity index (χ0) is 18.4. The van der Waals surface area contributed by atoms with Crippen LogP contribution in [0.15, 0.2) is 0 Å². The van der Waals surface area contributed by atoms with E-state index in [-0.39, 0.29) is 19.4 Å². The van der Waals surface area contributed by atoms with Crippen LogP contribution in [0, 0.1) is 0 Å². The van der Waals surface area contributed by atoms with E-state index in [0.29, 0.717) is 12.8 Å². The number of carboxylic acid groups (broad SMARTS) is 1. The molecule has 0 spiro atoms. The smallest absolute Gasteiger partial charge is 0.326 e. The van der Waals surface area contributed by atoms with Gasteiger partial charge in [-0.1, -0.05) is 0 Å². The molecule has 0 bridgehead atoms. The van der Waals surface area contributed by atoms with Gasteiger partial charge in [-0.15, -0.1) is 0 Å². The minimum absolute atomic E-state index is 0.0741. The Morgan fingerprint density at radius 1 is 1.33 bits per heavy atom. The Hall–Kier alpha value is -2.20. The number of carbonyl (C=O) groups is 4. The lowest BCUT2D eigenvalue weighted by Crippen LogP contribution is -2.56. The van der Waals surface area contributed by atoms with Gasteiger partial charge in [0.15, 0.2) is 0 Å². The lowest BCUT2D eigenvalue weighted by atomic mass is 10.1. The molecule has 0 aromatic carbocycles. The molecule has 136 valence electrons. The van der Waals surface area contributed by atoms with Gasteiger partial charge in [-0.05, 0) is 26.2 Å². The van der Waals surface area contributed by atoms with Crippen LogP contribution in [0.3, 0.4) is 0 Å². The number of primary amides is 1. The van der Waals surface area contributed by atoms with Crippen molar-refractivity contribution in [1.82, 2.24) is 10.2 Å². The molecule has 4 unspecified atom stereocenters. The number of likely N-dealkylation sites (tertiary alicyclic amines) is 1. The third-order valence-electron chi connectivity index (χ3n) is 3.94. The Morgan fingerprint density at radius 2 is 1.96 bits per heavy atom. The summed E-state index contributed by atoms with van der Waals surface area (Å²) in [4.78, 5) is 47.9. The van der Waals surface area contributed by atoms with Crippen LogP contribution in [0.25, 0.3) is 0 Å². The predicted octanol–water partition coefficient (Wildman–Crippen LogP) is -2.48. The number of aliphatic hydroxyl groups excluding tert-OH is 1. The van der Waals surface area contributed by atoms with Crippen molar-refractivity contribution < 1.29 is 29.4 Å². The second-order valence-electron chi connectivity index (χ2n) is 5.86. The third kappa shape index (κ3) is 5.17. The lowest BCUT2D eigenvalue weighted by molar-refractivity contribution is -0.149. The number of carbonyl (C=O) groups excluding carboxylic acids is 3. The van der Waals surface area contributed by atoms with Gasteiger partial charge >= 0.3 is 5.97 Å². The summed E-state index contributed by atoms with van der Waals surface area (Å²) in [5.74, 6) is -3.15. The second kappa shape index (κ2) is 8.60. The molecule has 0 saturated carbocycles. The van der Waals surface area contributed by atoms with Crippen LogP contribution >= 0.6 is 0 Å². The Balaban J connectivity index is 2.87. The van der Waals surface area contributed by atoms with E-state index in [1.807, 2.05) is 0 Å². The summed E-state index contributed by atoms with van der Waals surface area (Å²) < 4.78 is 0. The zero-order valence-corrected chi connectivity index (χ0v) is 13.5. The van der Waals surface area contributed by atoms with Crippen molar-refractivity contribution >= 4 is 23.7 Å². The summed E-state index contributed by atoms with van der Waals surface area (Å²) in [5.41, 5.74) is 10.6. The molecule has 24 heavy (non-hydrogen) atoms. The van der Waals surface area contributed by atoms with Gasteiger partial charge in [-0.25, -0.2) is 4.79 Å². The number of hydrogen-bond acceptors (Lipinski definition) is 6. The van der Waals surface area contributed by atoms with E-state index in [9.17, 15) is 24.3 Å². The maximum absolute atomic E-state index is 12.6. The number of nitrogens with one attached hydrogen (secondary N) is 1. The molecule has 0 aliphatic carbocycles. The molecule has 10 heteroatoms. The van der Waals surface area contributed by atoms with Crippen molar-refractivity contribution in [2.75, 3.05) is 6.54 Å². The van der Waals surface area contributed by atoms with Crippen molar-refractivity contribution in [2.45, 2.75) is 56.8 Å². The van der Waals surface area contributed by atoms with Gasteiger partial charge < -0.3 is 31.9 Å². The van der Waals surface area contributed by atoms with Crippen LogP contribution in [0.1, 0.15) is 32.6 Å². The number of carboxylic acids is 1. The van der Waals surface area contributed by atoms with Gasteiger partial charge in [0.05, 0.1) is 6.10 Å². The number of amides is 3. The van der Waals surface area contributed by atoms with Gasteiger partial charge in [0.1, 0.15) is 18.1 Å². The Bertz CT molecular complexity index is 509. The first-order chi connectivity index (χ1) is 11.1. The predicted molar refractivity (Wildman–Crippen MR) is 82.4 cm³/mol. The van der Waals surface area contributed by atoms with Crippen LogP contribution in [0.5, 0.6) is 0 Å². The largest absolute Gasteiger partial charge is 0.480 e. The van der Waals surface area contributed by atoms with Crippen molar-refractivity contribution in [3.63, 3.8) is 0 Å². The Kier molecular flexibility index (Phi) is 7.11. The van der Waals surface area contributed by atoms with Gasteiger partial charge in [-0.2, -0.15) is 0 Å². The molecule has 3 amide bonds. The standard InChI is InChI=1S/C14H24N4O6/c1-7(19)11(16)12(21)17-8(4-5-10(15)20)13(22)18-6-2-3-9(18)14(23)24/h7-9,11,19H,2-6,16H2,1H3,(H2,15,20)(H,17,21)(H,23,24). The Labute approximate surface area is 139 Å². The summed E-state index contributed by atoms with van der Waals surface area (Å²) in [6, 6.07) is -3.34. The summed E-state index contributed by atoms with van der Waals surface area (Å²) in [6.07, 6.45) is -0.506. The number of rotatable bonds is 8. The molecule has 0 radical (unpaired) electrons. The van der Waals surface area contributed by atoms with Crippen LogP contribution in [0.2, 0.25) is 0 Å². The maximum atomic E-state index is 12.6. The highest BCUT2D eigenvalue weighted by atomic mass is 16.4. The second-order valence-corrected chi connectivity index (χ2v) is 5.86. The molecular formula is C14H24N4O6. The first kappa shape index (κ1) is 19.8. The molecule has 1 saturated heterocycles. The van der Waals surface area contributed by atoms with Crippen molar-refractivity contribution in [2.24, 2.45) is 11.5 Å². The summed E-state index contributed by atoms with van der Waals surface area (Å²) >= 11 is 0. The average molecular weight is 344 g/mol. The van der Waals surface area contributed by atoms with Gasteiger partial charge in [-0.3, -0.25) is 14.4 Å². The summed E-state index contributed by atoms with van der Waals surface area (Å²) in [5, 5.41) is 20.9. The maximum Gasteiger partial charge on any atom is 0.326 e. The van der Waals surface area contributed by atoms with E-state index >= 15 is 0 Å². The highest BCUT2D eigenvalue weighted by molar-refractivity contribution is 5.92. The number of aliphatic hydroxyl groups is 1. The molecule has 0 aromatic rings. The molecule has 1 heterocycles. The molecule has 7 N–H and O–H groups in total. The average Bonchev–Trinajstić information content (AvgIpc) is 2.99. The number of aliphatic carboxylic acids is 1. The normalized spacial score (nSPS) is 21.0. The minimum atomic E-state index is -1.25. The van der Waals surface area contributed by atoms with E-state index in [1.165, 1.54) is 11.8 Å². The molecule has 1 aliphatic heterocycles. The van der Waals surface area contributed by atoms with Crippen LogP contribution < -0.4 is 16.8 Å². The van der Waals surface area contributed by atoms with E-state index < -0.39 is 47.9 Å². The fourth-order valence-corrected chi connectivity index (χ4v) is 2.52. The monoisotopic (exact) mass is 344 g/mol. The molecule has 10 nitrogen and oxygen atoms in total. The van der Waals surface area contributed by atoms with Crippen molar-refractivity contribution in [1.29, 1.82) is 0 Å². The van der Waals surface area contributed by atoms with E-state index in [2.05, 4.69) is 5.32 Å². The highest BCUT2D eigenvalue weighted by Gasteiger charge is 2.38. The van der Waals surface area contributed by atoms with Crippen LogP contribution in [0.4, 0.5) is 0 Å². The van der Waals surface area contributed by atoms with Crippen LogP contribution in [-0.4, -0.2) is 69.6 Å².